The highest BCUT2D eigenvalue weighted by Crippen LogP contribution is 2.34. The molecule has 2 aromatic rings. The van der Waals surface area contributed by atoms with Crippen LogP contribution in [-0.2, 0) is 14.4 Å². The molecule has 168 valence electrons. The van der Waals surface area contributed by atoms with E-state index in [1.165, 1.54) is 0 Å². The molecule has 2 aliphatic heterocycles. The lowest BCUT2D eigenvalue weighted by Crippen LogP contribution is -2.46. The summed E-state index contributed by atoms with van der Waals surface area (Å²) in [7, 11) is 3.78. The van der Waals surface area contributed by atoms with Crippen LogP contribution in [0.25, 0.3) is 11.1 Å². The van der Waals surface area contributed by atoms with Crippen LogP contribution in [0, 0.1) is 0 Å². The average Bonchev–Trinajstić information content (AvgIpc) is 3.11. The Morgan fingerprint density at radius 1 is 1.16 bits per heavy atom. The Balaban J connectivity index is 1.59. The van der Waals surface area contributed by atoms with Gasteiger partial charge in [0.15, 0.2) is 0 Å². The lowest BCUT2D eigenvalue weighted by molar-refractivity contribution is -0.146. The van der Waals surface area contributed by atoms with Gasteiger partial charge in [0.25, 0.3) is 0 Å². The minimum Gasteiger partial charge on any atom is -0.347 e. The van der Waals surface area contributed by atoms with Crippen molar-refractivity contribution in [3.63, 3.8) is 0 Å². The Labute approximate surface area is 192 Å². The second-order valence-electron chi connectivity index (χ2n) is 8.42. The average molecular weight is 456 g/mol. The third-order valence-corrected chi connectivity index (χ3v) is 6.22. The van der Waals surface area contributed by atoms with Crippen LogP contribution < -0.4 is 4.90 Å². The van der Waals surface area contributed by atoms with Crippen LogP contribution in [0.5, 0.6) is 0 Å². The number of rotatable bonds is 5. The minimum absolute atomic E-state index is 0.0186. The second kappa shape index (κ2) is 9.24. The number of aromatic nitrogens is 2. The number of piperidine rings is 1. The Kier molecular flexibility index (Phi) is 6.41. The van der Waals surface area contributed by atoms with Gasteiger partial charge in [0.1, 0.15) is 6.54 Å². The summed E-state index contributed by atoms with van der Waals surface area (Å²) in [5, 5.41) is 0.654. The van der Waals surface area contributed by atoms with Gasteiger partial charge in [0.05, 0.1) is 5.69 Å². The standard InChI is InChI=1S/C23H26ClN5O3/c1-27(2)23-25-12-18(15-5-7-17(24)8-6-15)22(26-23)16-4-3-11-28(13-16)21(32)14-29-19(30)9-10-20(29)31/h5-8,12,16H,3-4,9-11,13-14H2,1-2H3/t16-/m0/s1. The smallest absolute Gasteiger partial charge is 0.242 e. The number of imide groups is 1. The van der Waals surface area contributed by atoms with E-state index in [9.17, 15) is 14.4 Å². The van der Waals surface area contributed by atoms with Gasteiger partial charge in [-0.2, -0.15) is 0 Å². The summed E-state index contributed by atoms with van der Waals surface area (Å²) < 4.78 is 0. The first-order chi connectivity index (χ1) is 15.3. The van der Waals surface area contributed by atoms with Gasteiger partial charge in [-0.3, -0.25) is 19.3 Å². The van der Waals surface area contributed by atoms with E-state index in [1.54, 1.807) is 4.90 Å². The predicted molar refractivity (Wildman–Crippen MR) is 121 cm³/mol. The maximum Gasteiger partial charge on any atom is 0.242 e. The highest BCUT2D eigenvalue weighted by Gasteiger charge is 2.34. The SMILES string of the molecule is CN(C)c1ncc(-c2ccc(Cl)cc2)c([C@H]2CCCN(C(=O)CN3C(=O)CCC3=O)C2)n1. The highest BCUT2D eigenvalue weighted by atomic mass is 35.5. The zero-order chi connectivity index (χ0) is 22.8. The van der Waals surface area contributed by atoms with E-state index in [-0.39, 0.29) is 43.0 Å². The number of amides is 3. The zero-order valence-corrected chi connectivity index (χ0v) is 19.0. The molecule has 8 nitrogen and oxygen atoms in total. The van der Waals surface area contributed by atoms with Crippen LogP contribution in [-0.4, -0.2) is 71.2 Å². The zero-order valence-electron chi connectivity index (χ0n) is 18.3. The molecular formula is C23H26ClN5O3. The van der Waals surface area contributed by atoms with Crippen molar-refractivity contribution in [2.24, 2.45) is 0 Å². The van der Waals surface area contributed by atoms with E-state index in [1.807, 2.05) is 49.5 Å². The van der Waals surface area contributed by atoms with Gasteiger partial charge in [-0.25, -0.2) is 9.97 Å². The fourth-order valence-corrected chi connectivity index (χ4v) is 4.35. The summed E-state index contributed by atoms with van der Waals surface area (Å²) in [4.78, 5) is 50.8. The predicted octanol–water partition coefficient (Wildman–Crippen LogP) is 2.72. The van der Waals surface area contributed by atoms with Crippen LogP contribution in [0.15, 0.2) is 30.5 Å². The van der Waals surface area contributed by atoms with E-state index in [2.05, 4.69) is 4.98 Å². The van der Waals surface area contributed by atoms with E-state index in [0.717, 1.165) is 34.6 Å². The minimum atomic E-state index is -0.270. The van der Waals surface area contributed by atoms with Gasteiger partial charge in [0, 0.05) is 62.7 Å². The van der Waals surface area contributed by atoms with Gasteiger partial charge in [-0.05, 0) is 30.5 Å². The molecule has 1 aromatic carbocycles. The number of halogens is 1. The quantitative estimate of drug-likeness (QED) is 0.644. The molecule has 3 heterocycles. The van der Waals surface area contributed by atoms with Crippen LogP contribution in [0.1, 0.15) is 37.3 Å². The van der Waals surface area contributed by atoms with E-state index >= 15 is 0 Å². The molecule has 0 spiro atoms. The molecule has 2 saturated heterocycles. The molecule has 0 aliphatic carbocycles. The number of hydrogen-bond acceptors (Lipinski definition) is 6. The first-order valence-corrected chi connectivity index (χ1v) is 11.1. The molecule has 32 heavy (non-hydrogen) atoms. The molecular weight excluding hydrogens is 430 g/mol. The number of nitrogens with zero attached hydrogens (tertiary/aromatic N) is 5. The monoisotopic (exact) mass is 455 g/mol. The topological polar surface area (TPSA) is 86.7 Å². The number of carbonyl (C=O) groups excluding carboxylic acids is 3. The first-order valence-electron chi connectivity index (χ1n) is 10.7. The lowest BCUT2D eigenvalue weighted by atomic mass is 9.90. The number of anilines is 1. The Hall–Kier alpha value is -3.00. The maximum atomic E-state index is 12.9. The van der Waals surface area contributed by atoms with Crippen molar-refractivity contribution in [1.29, 1.82) is 0 Å². The van der Waals surface area contributed by atoms with E-state index < -0.39 is 0 Å². The highest BCUT2D eigenvalue weighted by molar-refractivity contribution is 6.30. The van der Waals surface area contributed by atoms with Crippen LogP contribution in [0.4, 0.5) is 5.95 Å². The van der Waals surface area contributed by atoms with Crippen molar-refractivity contribution in [3.8, 4) is 11.1 Å². The number of carbonyl (C=O) groups is 3. The largest absolute Gasteiger partial charge is 0.347 e. The van der Waals surface area contributed by atoms with Crippen molar-refractivity contribution in [3.05, 3.63) is 41.2 Å². The third kappa shape index (κ3) is 4.60. The van der Waals surface area contributed by atoms with Crippen molar-refractivity contribution in [2.45, 2.75) is 31.6 Å². The van der Waals surface area contributed by atoms with Crippen LogP contribution >= 0.6 is 11.6 Å². The van der Waals surface area contributed by atoms with Crippen molar-refractivity contribution in [1.82, 2.24) is 19.8 Å². The first kappa shape index (κ1) is 22.2. The molecule has 3 amide bonds. The summed E-state index contributed by atoms with van der Waals surface area (Å²) in [5.74, 6) is -0.116. The number of benzene rings is 1. The molecule has 0 N–H and O–H groups in total. The van der Waals surface area contributed by atoms with Gasteiger partial charge in [-0.1, -0.05) is 23.7 Å². The Morgan fingerprint density at radius 2 is 1.84 bits per heavy atom. The molecule has 1 aromatic heterocycles. The van der Waals surface area contributed by atoms with Gasteiger partial charge < -0.3 is 9.80 Å². The second-order valence-corrected chi connectivity index (χ2v) is 8.86. The molecule has 0 bridgehead atoms. The third-order valence-electron chi connectivity index (χ3n) is 5.97. The molecule has 2 aliphatic rings. The van der Waals surface area contributed by atoms with Crippen LogP contribution in [0.2, 0.25) is 5.02 Å². The summed E-state index contributed by atoms with van der Waals surface area (Å²) in [5.41, 5.74) is 2.76. The lowest BCUT2D eigenvalue weighted by Gasteiger charge is -2.34. The number of hydrogen-bond donors (Lipinski definition) is 0. The van der Waals surface area contributed by atoms with E-state index in [0.29, 0.717) is 24.1 Å². The fraction of sp³-hybridized carbons (Fsp3) is 0.435. The normalized spacial score (nSPS) is 18.9. The van der Waals surface area contributed by atoms with Crippen molar-refractivity contribution < 1.29 is 14.4 Å². The summed E-state index contributed by atoms with van der Waals surface area (Å²) in [6.07, 6.45) is 3.90. The molecule has 4 rings (SSSR count). The molecule has 0 radical (unpaired) electrons. The van der Waals surface area contributed by atoms with Crippen LogP contribution in [0.3, 0.4) is 0 Å². The Morgan fingerprint density at radius 3 is 2.50 bits per heavy atom. The molecule has 0 saturated carbocycles. The number of likely N-dealkylation sites (tertiary alicyclic amines) is 2. The van der Waals surface area contributed by atoms with Gasteiger partial charge >= 0.3 is 0 Å². The molecule has 2 fully saturated rings. The van der Waals surface area contributed by atoms with Crippen molar-refractivity contribution >= 4 is 35.3 Å². The summed E-state index contributed by atoms with van der Waals surface area (Å²) in [6, 6.07) is 7.55. The fourth-order valence-electron chi connectivity index (χ4n) is 4.23. The molecule has 0 unspecified atom stereocenters. The van der Waals surface area contributed by atoms with Crippen molar-refractivity contribution in [2.75, 3.05) is 38.6 Å². The van der Waals surface area contributed by atoms with E-state index in [4.69, 9.17) is 16.6 Å². The summed E-state index contributed by atoms with van der Waals surface area (Å²) in [6.45, 7) is 0.911. The molecule has 9 heteroatoms. The summed E-state index contributed by atoms with van der Waals surface area (Å²) >= 11 is 6.06. The van der Waals surface area contributed by atoms with Gasteiger partial charge in [0.2, 0.25) is 23.7 Å². The molecule has 1 atom stereocenters. The Bertz CT molecular complexity index is 1020. The maximum absolute atomic E-state index is 12.9. The van der Waals surface area contributed by atoms with Gasteiger partial charge in [-0.15, -0.1) is 0 Å².